The van der Waals surface area contributed by atoms with Crippen molar-refractivity contribution < 1.29 is 14.2 Å². The largest absolute Gasteiger partial charge is 0.495 e. The van der Waals surface area contributed by atoms with E-state index in [4.69, 9.17) is 25.8 Å². The highest BCUT2D eigenvalue weighted by Gasteiger charge is 2.07. The molecule has 1 heterocycles. The van der Waals surface area contributed by atoms with Gasteiger partial charge >= 0.3 is 0 Å². The van der Waals surface area contributed by atoms with Gasteiger partial charge in [0.25, 0.3) is 0 Å². The van der Waals surface area contributed by atoms with Crippen molar-refractivity contribution in [1.29, 1.82) is 0 Å². The number of ether oxygens (including phenoxy) is 3. The highest BCUT2D eigenvalue weighted by molar-refractivity contribution is 6.32. The Morgan fingerprint density at radius 3 is 1.81 bits per heavy atom. The van der Waals surface area contributed by atoms with Gasteiger partial charge in [0.05, 0.1) is 26.4 Å². The summed E-state index contributed by atoms with van der Waals surface area (Å²) < 4.78 is 15.7. The Morgan fingerprint density at radius 2 is 1.26 bits per heavy atom. The second kappa shape index (κ2) is 8.46. The normalized spacial score (nSPS) is 10.2. The molecule has 2 N–H and O–H groups in total. The fourth-order valence-corrected chi connectivity index (χ4v) is 2.71. The maximum Gasteiger partial charge on any atom is 0.162 e. The van der Waals surface area contributed by atoms with Crippen LogP contribution >= 0.6 is 11.6 Å². The lowest BCUT2D eigenvalue weighted by Gasteiger charge is -2.12. The molecule has 0 aliphatic carbocycles. The molecule has 2 aromatic carbocycles. The molecule has 0 bridgehead atoms. The number of anilines is 4. The number of hydrogen-bond acceptors (Lipinski definition) is 7. The van der Waals surface area contributed by atoms with E-state index >= 15 is 0 Å². The quantitative estimate of drug-likeness (QED) is 0.612. The average Bonchev–Trinajstić information content (AvgIpc) is 2.68. The molecule has 0 saturated carbocycles. The molecule has 0 unspecified atom stereocenters. The van der Waals surface area contributed by atoms with E-state index in [9.17, 15) is 0 Å². The third-order valence-electron chi connectivity index (χ3n) is 3.75. The van der Waals surface area contributed by atoms with E-state index in [1.807, 2.05) is 24.3 Å². The summed E-state index contributed by atoms with van der Waals surface area (Å²) in [6, 6.07) is 12.7. The van der Waals surface area contributed by atoms with Gasteiger partial charge in [0.1, 0.15) is 23.7 Å². The SMILES string of the molecule is COc1ccc(Nc2cc(Nc3ccc(OC)c(OC)c3)ncn2)cc1Cl. The molecule has 3 aromatic rings. The maximum atomic E-state index is 6.16. The molecule has 0 fully saturated rings. The average molecular weight is 387 g/mol. The topological polar surface area (TPSA) is 77.5 Å². The van der Waals surface area contributed by atoms with Gasteiger partial charge in [0.15, 0.2) is 11.5 Å². The monoisotopic (exact) mass is 386 g/mol. The lowest BCUT2D eigenvalue weighted by Crippen LogP contribution is -1.99. The minimum absolute atomic E-state index is 0.514. The van der Waals surface area contributed by atoms with Crippen molar-refractivity contribution in [2.24, 2.45) is 0 Å². The number of aromatic nitrogens is 2. The van der Waals surface area contributed by atoms with Crippen LogP contribution in [0.1, 0.15) is 0 Å². The molecule has 0 aliphatic heterocycles. The van der Waals surface area contributed by atoms with Crippen molar-refractivity contribution in [2.45, 2.75) is 0 Å². The Kier molecular flexibility index (Phi) is 5.83. The standard InChI is InChI=1S/C19H19ClN4O3/c1-25-15-6-4-12(8-14(15)20)23-18-10-19(22-11-21-18)24-13-5-7-16(26-2)17(9-13)27-3/h4-11H,1-3H3,(H2,21,22,23,24). The van der Waals surface area contributed by atoms with Crippen LogP contribution < -0.4 is 24.8 Å². The van der Waals surface area contributed by atoms with Crippen LogP contribution in [0.15, 0.2) is 48.8 Å². The molecule has 0 amide bonds. The molecular formula is C19H19ClN4O3. The summed E-state index contributed by atoms with van der Waals surface area (Å²) in [5.74, 6) is 3.14. The molecule has 7 nitrogen and oxygen atoms in total. The van der Waals surface area contributed by atoms with Gasteiger partial charge in [0.2, 0.25) is 0 Å². The van der Waals surface area contributed by atoms with Gasteiger partial charge in [-0.05, 0) is 30.3 Å². The summed E-state index contributed by atoms with van der Waals surface area (Å²) >= 11 is 6.16. The van der Waals surface area contributed by atoms with Crippen LogP contribution in [-0.2, 0) is 0 Å². The van der Waals surface area contributed by atoms with Crippen molar-refractivity contribution >= 4 is 34.6 Å². The van der Waals surface area contributed by atoms with E-state index in [-0.39, 0.29) is 0 Å². The van der Waals surface area contributed by atoms with Crippen molar-refractivity contribution in [3.8, 4) is 17.2 Å². The zero-order valence-electron chi connectivity index (χ0n) is 15.1. The Labute approximate surface area is 162 Å². The zero-order valence-corrected chi connectivity index (χ0v) is 15.9. The third-order valence-corrected chi connectivity index (χ3v) is 4.04. The minimum atomic E-state index is 0.514. The molecule has 0 atom stereocenters. The number of halogens is 1. The number of benzene rings is 2. The van der Waals surface area contributed by atoms with Gasteiger partial charge in [-0.1, -0.05) is 11.6 Å². The molecule has 0 radical (unpaired) electrons. The van der Waals surface area contributed by atoms with Gasteiger partial charge in [-0.2, -0.15) is 0 Å². The van der Waals surface area contributed by atoms with Gasteiger partial charge in [-0.15, -0.1) is 0 Å². The van der Waals surface area contributed by atoms with Crippen LogP contribution in [0.25, 0.3) is 0 Å². The summed E-state index contributed by atoms with van der Waals surface area (Å²) in [6.45, 7) is 0. The van der Waals surface area contributed by atoms with Crippen molar-refractivity contribution in [3.05, 3.63) is 53.8 Å². The lowest BCUT2D eigenvalue weighted by molar-refractivity contribution is 0.355. The first-order chi connectivity index (χ1) is 13.1. The second-order valence-electron chi connectivity index (χ2n) is 5.46. The van der Waals surface area contributed by atoms with Crippen molar-refractivity contribution in [1.82, 2.24) is 9.97 Å². The fourth-order valence-electron chi connectivity index (χ4n) is 2.45. The van der Waals surface area contributed by atoms with Crippen LogP contribution in [0.5, 0.6) is 17.2 Å². The van der Waals surface area contributed by atoms with E-state index in [0.29, 0.717) is 33.9 Å². The van der Waals surface area contributed by atoms with E-state index in [0.717, 1.165) is 11.4 Å². The summed E-state index contributed by atoms with van der Waals surface area (Å²) in [5, 5.41) is 6.91. The summed E-state index contributed by atoms with van der Waals surface area (Å²) in [7, 11) is 4.76. The molecule has 8 heteroatoms. The van der Waals surface area contributed by atoms with Crippen LogP contribution in [0.3, 0.4) is 0 Å². The molecule has 27 heavy (non-hydrogen) atoms. The van der Waals surface area contributed by atoms with E-state index in [2.05, 4.69) is 20.6 Å². The Balaban J connectivity index is 1.77. The van der Waals surface area contributed by atoms with Crippen molar-refractivity contribution in [3.63, 3.8) is 0 Å². The summed E-state index contributed by atoms with van der Waals surface area (Å²) in [4.78, 5) is 8.47. The van der Waals surface area contributed by atoms with E-state index < -0.39 is 0 Å². The highest BCUT2D eigenvalue weighted by atomic mass is 35.5. The molecule has 0 saturated heterocycles. The zero-order chi connectivity index (χ0) is 19.2. The van der Waals surface area contributed by atoms with Crippen LogP contribution in [0.2, 0.25) is 5.02 Å². The molecule has 0 aliphatic rings. The predicted octanol–water partition coefficient (Wildman–Crippen LogP) is 4.64. The smallest absolute Gasteiger partial charge is 0.162 e. The van der Waals surface area contributed by atoms with Crippen LogP contribution in [0.4, 0.5) is 23.0 Å². The first-order valence-electron chi connectivity index (χ1n) is 8.04. The maximum absolute atomic E-state index is 6.16. The molecule has 140 valence electrons. The highest BCUT2D eigenvalue weighted by Crippen LogP contribution is 2.31. The molecule has 3 rings (SSSR count). The van der Waals surface area contributed by atoms with Gasteiger partial charge in [0, 0.05) is 23.5 Å². The van der Waals surface area contributed by atoms with E-state index in [1.54, 1.807) is 39.5 Å². The van der Waals surface area contributed by atoms with Crippen molar-refractivity contribution in [2.75, 3.05) is 32.0 Å². The number of nitrogens with one attached hydrogen (secondary N) is 2. The third kappa shape index (κ3) is 4.51. The minimum Gasteiger partial charge on any atom is -0.495 e. The fraction of sp³-hybridized carbons (Fsp3) is 0.158. The van der Waals surface area contributed by atoms with E-state index in [1.165, 1.54) is 6.33 Å². The van der Waals surface area contributed by atoms with Crippen LogP contribution in [0, 0.1) is 0 Å². The number of rotatable bonds is 7. The molecule has 0 spiro atoms. The number of hydrogen-bond donors (Lipinski definition) is 2. The lowest BCUT2D eigenvalue weighted by atomic mass is 10.2. The summed E-state index contributed by atoms with van der Waals surface area (Å²) in [5.41, 5.74) is 1.60. The first-order valence-corrected chi connectivity index (χ1v) is 8.42. The van der Waals surface area contributed by atoms with Gasteiger partial charge in [-0.3, -0.25) is 0 Å². The number of nitrogens with zero attached hydrogens (tertiary/aromatic N) is 2. The van der Waals surface area contributed by atoms with Crippen LogP contribution in [-0.4, -0.2) is 31.3 Å². The Bertz CT molecular complexity index is 937. The first kappa shape index (κ1) is 18.6. The summed E-state index contributed by atoms with van der Waals surface area (Å²) in [6.07, 6.45) is 1.47. The Hall–Kier alpha value is -3.19. The number of methoxy groups -OCH3 is 3. The van der Waals surface area contributed by atoms with Gasteiger partial charge < -0.3 is 24.8 Å². The molecular weight excluding hydrogens is 368 g/mol. The Morgan fingerprint density at radius 1 is 0.704 bits per heavy atom. The predicted molar refractivity (Wildman–Crippen MR) is 106 cm³/mol. The van der Waals surface area contributed by atoms with Gasteiger partial charge in [-0.25, -0.2) is 9.97 Å². The molecule has 1 aromatic heterocycles. The second-order valence-corrected chi connectivity index (χ2v) is 5.86.